The van der Waals surface area contributed by atoms with Gasteiger partial charge in [0.15, 0.2) is 5.16 Å². The van der Waals surface area contributed by atoms with Crippen molar-refractivity contribution in [2.24, 2.45) is 0 Å². The summed E-state index contributed by atoms with van der Waals surface area (Å²) in [5, 5.41) is 3.75. The van der Waals surface area contributed by atoms with Gasteiger partial charge in [-0.3, -0.25) is 14.2 Å². The molecule has 1 fully saturated rings. The summed E-state index contributed by atoms with van der Waals surface area (Å²) >= 11 is 1.42. The molecule has 0 unspecified atom stereocenters. The average Bonchev–Trinajstić information content (AvgIpc) is 3.32. The molecule has 0 aliphatic carbocycles. The maximum Gasteiger partial charge on any atom is 0.253 e. The van der Waals surface area contributed by atoms with Crippen LogP contribution in [-0.2, 0) is 11.3 Å². The quantitative estimate of drug-likeness (QED) is 0.524. The number of aromatic nitrogens is 2. The molecule has 1 aromatic heterocycles. The summed E-state index contributed by atoms with van der Waals surface area (Å²) < 4.78 is 2.03. The minimum Gasteiger partial charge on any atom is -0.351 e. The fourth-order valence-corrected chi connectivity index (χ4v) is 4.80. The highest BCUT2D eigenvalue weighted by atomic mass is 32.2. The molecule has 1 N–H and O–H groups in total. The van der Waals surface area contributed by atoms with Crippen LogP contribution in [0.4, 0.5) is 0 Å². The zero-order valence-corrected chi connectivity index (χ0v) is 20.0. The Morgan fingerprint density at radius 2 is 1.79 bits per heavy atom. The molecule has 7 heteroatoms. The number of hydrogen-bond donors (Lipinski definition) is 1. The minimum atomic E-state index is -0.0519. The first-order valence-electron chi connectivity index (χ1n) is 11.4. The summed E-state index contributed by atoms with van der Waals surface area (Å²) in [6.07, 6.45) is 7.05. The number of rotatable bonds is 7. The molecule has 1 aliphatic heterocycles. The maximum atomic E-state index is 12.6. The SMILES string of the molecule is Cc1cccc(-n2ccnc2SCC(=O)NCc2ccc(C(=O)N3CCCCC3)cc2)c1C. The van der Waals surface area contributed by atoms with Gasteiger partial charge in [0, 0.05) is 37.6 Å². The van der Waals surface area contributed by atoms with Gasteiger partial charge in [-0.15, -0.1) is 0 Å². The molecule has 0 saturated carbocycles. The van der Waals surface area contributed by atoms with Crippen LogP contribution in [0, 0.1) is 13.8 Å². The monoisotopic (exact) mass is 462 g/mol. The van der Waals surface area contributed by atoms with Crippen LogP contribution in [0.15, 0.2) is 60.0 Å². The van der Waals surface area contributed by atoms with Gasteiger partial charge in [-0.05, 0) is 68.0 Å². The Hall–Kier alpha value is -3.06. The van der Waals surface area contributed by atoms with Crippen molar-refractivity contribution in [3.8, 4) is 5.69 Å². The van der Waals surface area contributed by atoms with E-state index in [0.29, 0.717) is 12.1 Å². The van der Waals surface area contributed by atoms with E-state index >= 15 is 0 Å². The van der Waals surface area contributed by atoms with Crippen LogP contribution in [0.1, 0.15) is 46.3 Å². The van der Waals surface area contributed by atoms with Crippen molar-refractivity contribution in [3.63, 3.8) is 0 Å². The Balaban J connectivity index is 1.29. The lowest BCUT2D eigenvalue weighted by Gasteiger charge is -2.26. The van der Waals surface area contributed by atoms with Crippen molar-refractivity contribution in [2.75, 3.05) is 18.8 Å². The largest absolute Gasteiger partial charge is 0.351 e. The molecule has 2 amide bonds. The molecule has 1 aliphatic rings. The summed E-state index contributed by atoms with van der Waals surface area (Å²) in [4.78, 5) is 31.4. The topological polar surface area (TPSA) is 67.2 Å². The number of amides is 2. The van der Waals surface area contributed by atoms with E-state index in [1.165, 1.54) is 29.3 Å². The first-order valence-corrected chi connectivity index (χ1v) is 12.4. The van der Waals surface area contributed by atoms with Crippen molar-refractivity contribution in [1.82, 2.24) is 19.8 Å². The highest BCUT2D eigenvalue weighted by molar-refractivity contribution is 7.99. The standard InChI is InChI=1S/C26H30N4O2S/c1-19-7-6-8-23(20(19)2)30-16-13-27-26(30)33-18-24(31)28-17-21-9-11-22(12-10-21)25(32)29-14-4-3-5-15-29/h6-13,16H,3-5,14-15,17-18H2,1-2H3,(H,28,31). The second-order valence-electron chi connectivity index (χ2n) is 8.41. The maximum absolute atomic E-state index is 12.6. The van der Waals surface area contributed by atoms with Crippen LogP contribution in [-0.4, -0.2) is 45.1 Å². The van der Waals surface area contributed by atoms with Gasteiger partial charge in [0.2, 0.25) is 5.91 Å². The zero-order valence-electron chi connectivity index (χ0n) is 19.2. The number of aryl methyl sites for hydroxylation is 1. The fourth-order valence-electron chi connectivity index (χ4n) is 4.00. The number of benzene rings is 2. The number of piperidine rings is 1. The second-order valence-corrected chi connectivity index (χ2v) is 9.36. The predicted molar refractivity (Wildman–Crippen MR) is 132 cm³/mol. The number of carbonyl (C=O) groups is 2. The van der Waals surface area contributed by atoms with E-state index in [1.807, 2.05) is 46.0 Å². The number of nitrogens with one attached hydrogen (secondary N) is 1. The molecular formula is C26H30N4O2S. The smallest absolute Gasteiger partial charge is 0.253 e. The van der Waals surface area contributed by atoms with Crippen LogP contribution in [0.2, 0.25) is 0 Å². The fraction of sp³-hybridized carbons (Fsp3) is 0.346. The normalized spacial score (nSPS) is 13.7. The highest BCUT2D eigenvalue weighted by Gasteiger charge is 2.18. The van der Waals surface area contributed by atoms with Crippen LogP contribution in [0.25, 0.3) is 5.69 Å². The molecule has 0 bridgehead atoms. The van der Waals surface area contributed by atoms with Gasteiger partial charge >= 0.3 is 0 Å². The average molecular weight is 463 g/mol. The van der Waals surface area contributed by atoms with E-state index in [0.717, 1.165) is 42.3 Å². The van der Waals surface area contributed by atoms with Crippen LogP contribution < -0.4 is 5.32 Å². The lowest BCUT2D eigenvalue weighted by atomic mass is 10.1. The van der Waals surface area contributed by atoms with E-state index in [4.69, 9.17) is 0 Å². The van der Waals surface area contributed by atoms with Gasteiger partial charge in [-0.1, -0.05) is 36.0 Å². The Kier molecular flexibility index (Phi) is 7.50. The number of nitrogens with zero attached hydrogens (tertiary/aromatic N) is 3. The second kappa shape index (κ2) is 10.7. The summed E-state index contributed by atoms with van der Waals surface area (Å²) in [7, 11) is 0. The van der Waals surface area contributed by atoms with Gasteiger partial charge in [0.1, 0.15) is 0 Å². The van der Waals surface area contributed by atoms with E-state index in [-0.39, 0.29) is 17.6 Å². The summed E-state index contributed by atoms with van der Waals surface area (Å²) in [5.41, 5.74) is 5.18. The third-order valence-electron chi connectivity index (χ3n) is 6.11. The van der Waals surface area contributed by atoms with Crippen molar-refractivity contribution < 1.29 is 9.59 Å². The molecule has 1 saturated heterocycles. The highest BCUT2D eigenvalue weighted by Crippen LogP contribution is 2.24. The molecule has 6 nitrogen and oxygen atoms in total. The van der Waals surface area contributed by atoms with E-state index in [9.17, 15) is 9.59 Å². The third kappa shape index (κ3) is 5.66. The molecule has 33 heavy (non-hydrogen) atoms. The van der Waals surface area contributed by atoms with Gasteiger partial charge in [0.25, 0.3) is 5.91 Å². The van der Waals surface area contributed by atoms with Crippen molar-refractivity contribution in [2.45, 2.75) is 44.8 Å². The summed E-state index contributed by atoms with van der Waals surface area (Å²) in [6.45, 7) is 6.30. The minimum absolute atomic E-state index is 0.0519. The predicted octanol–water partition coefficient (Wildman–Crippen LogP) is 4.52. The molecule has 172 valence electrons. The van der Waals surface area contributed by atoms with Gasteiger partial charge in [-0.25, -0.2) is 4.98 Å². The van der Waals surface area contributed by atoms with Gasteiger partial charge < -0.3 is 10.2 Å². The van der Waals surface area contributed by atoms with Crippen molar-refractivity contribution in [1.29, 1.82) is 0 Å². The Bertz CT molecular complexity index is 1120. The Labute approximate surface area is 199 Å². The van der Waals surface area contributed by atoms with Gasteiger partial charge in [0.05, 0.1) is 11.4 Å². The molecule has 0 spiro atoms. The summed E-state index contributed by atoms with van der Waals surface area (Å²) in [6, 6.07) is 13.7. The molecule has 2 aromatic carbocycles. The van der Waals surface area contributed by atoms with Crippen LogP contribution >= 0.6 is 11.8 Å². The third-order valence-corrected chi connectivity index (χ3v) is 7.08. The van der Waals surface area contributed by atoms with Crippen molar-refractivity contribution in [3.05, 3.63) is 77.1 Å². The van der Waals surface area contributed by atoms with E-state index in [1.54, 1.807) is 6.20 Å². The first kappa shape index (κ1) is 23.1. The number of thioether (sulfide) groups is 1. The van der Waals surface area contributed by atoms with Crippen LogP contribution in [0.5, 0.6) is 0 Å². The van der Waals surface area contributed by atoms with Crippen molar-refractivity contribution >= 4 is 23.6 Å². The first-order chi connectivity index (χ1) is 16.0. The van der Waals surface area contributed by atoms with E-state index < -0.39 is 0 Å². The Morgan fingerprint density at radius 3 is 2.55 bits per heavy atom. The summed E-state index contributed by atoms with van der Waals surface area (Å²) in [5.74, 6) is 0.331. The number of imidazole rings is 1. The number of hydrogen-bond acceptors (Lipinski definition) is 4. The lowest BCUT2D eigenvalue weighted by molar-refractivity contribution is -0.118. The molecular weight excluding hydrogens is 432 g/mol. The zero-order chi connectivity index (χ0) is 23.2. The molecule has 4 rings (SSSR count). The molecule has 0 atom stereocenters. The number of likely N-dealkylation sites (tertiary alicyclic amines) is 1. The lowest BCUT2D eigenvalue weighted by Crippen LogP contribution is -2.35. The number of carbonyl (C=O) groups excluding carboxylic acids is 2. The Morgan fingerprint density at radius 1 is 1.03 bits per heavy atom. The molecule has 2 heterocycles. The molecule has 0 radical (unpaired) electrons. The van der Waals surface area contributed by atoms with Crippen LogP contribution in [0.3, 0.4) is 0 Å². The molecule has 3 aromatic rings. The van der Waals surface area contributed by atoms with E-state index in [2.05, 4.69) is 36.3 Å². The van der Waals surface area contributed by atoms with Gasteiger partial charge in [-0.2, -0.15) is 0 Å².